The van der Waals surface area contributed by atoms with Crippen molar-refractivity contribution in [2.45, 2.75) is 5.75 Å². The maximum Gasteiger partial charge on any atom is 0.154 e. The number of nitrogens with one attached hydrogen (secondary N) is 1. The van der Waals surface area contributed by atoms with Crippen LogP contribution in [0.25, 0.3) is 12.2 Å². The van der Waals surface area contributed by atoms with E-state index in [9.17, 15) is 0 Å². The Morgan fingerprint density at radius 2 is 1.33 bits per heavy atom. The van der Waals surface area contributed by atoms with Gasteiger partial charge in [0, 0.05) is 5.75 Å². The lowest BCUT2D eigenvalue weighted by atomic mass is 10.1. The first-order chi connectivity index (χ1) is 16.2. The second kappa shape index (κ2) is 13.3. The fourth-order valence-electron chi connectivity index (χ4n) is 2.79. The predicted octanol–water partition coefficient (Wildman–Crippen LogP) is 6.59. The van der Waals surface area contributed by atoms with Gasteiger partial charge in [-0.2, -0.15) is 5.10 Å². The maximum absolute atomic E-state index is 5.45. The largest absolute Gasteiger partial charge is 0.497 e. The monoisotopic (exact) mass is 474 g/mol. The number of hydrazone groups is 1. The van der Waals surface area contributed by atoms with E-state index in [1.807, 2.05) is 91.0 Å². The molecule has 0 radical (unpaired) electrons. The molecule has 33 heavy (non-hydrogen) atoms. The summed E-state index contributed by atoms with van der Waals surface area (Å²) < 4.78 is 11.1. The van der Waals surface area contributed by atoms with E-state index in [0.717, 1.165) is 34.1 Å². The number of thiocarbonyl (C=S) groups is 1. The molecule has 168 valence electrons. The second-order valence-corrected chi connectivity index (χ2v) is 8.58. The van der Waals surface area contributed by atoms with E-state index in [1.54, 1.807) is 26.0 Å². The summed E-state index contributed by atoms with van der Waals surface area (Å²) in [4.78, 5) is 0. The molecule has 0 aromatic heterocycles. The van der Waals surface area contributed by atoms with Crippen LogP contribution in [0, 0.1) is 0 Å². The highest BCUT2D eigenvalue weighted by molar-refractivity contribution is 8.22. The molecule has 0 unspecified atom stereocenters. The van der Waals surface area contributed by atoms with Crippen molar-refractivity contribution >= 4 is 46.2 Å². The molecular weight excluding hydrogens is 448 g/mol. The Balaban J connectivity index is 1.70. The quantitative estimate of drug-likeness (QED) is 0.215. The average Bonchev–Trinajstić information content (AvgIpc) is 2.88. The van der Waals surface area contributed by atoms with Crippen LogP contribution >= 0.6 is 24.0 Å². The average molecular weight is 475 g/mol. The second-order valence-electron chi connectivity index (χ2n) is 6.92. The number of allylic oxidation sites excluding steroid dienone is 2. The van der Waals surface area contributed by atoms with Gasteiger partial charge < -0.3 is 9.47 Å². The van der Waals surface area contributed by atoms with Crippen LogP contribution in [0.1, 0.15) is 16.7 Å². The van der Waals surface area contributed by atoms with E-state index in [1.165, 1.54) is 5.56 Å². The van der Waals surface area contributed by atoms with Crippen LogP contribution < -0.4 is 14.9 Å². The molecule has 0 atom stereocenters. The van der Waals surface area contributed by atoms with Gasteiger partial charge in [0.25, 0.3) is 0 Å². The number of rotatable bonds is 9. The zero-order chi connectivity index (χ0) is 23.3. The third-order valence-electron chi connectivity index (χ3n) is 4.61. The van der Waals surface area contributed by atoms with Gasteiger partial charge in [-0.05, 0) is 53.1 Å². The summed E-state index contributed by atoms with van der Waals surface area (Å²) in [7, 11) is 3.31. The van der Waals surface area contributed by atoms with Gasteiger partial charge in [0.05, 0.1) is 19.9 Å². The Morgan fingerprint density at radius 1 is 0.818 bits per heavy atom. The van der Waals surface area contributed by atoms with Gasteiger partial charge in [-0.3, -0.25) is 5.43 Å². The lowest BCUT2D eigenvalue weighted by Crippen LogP contribution is -2.13. The van der Waals surface area contributed by atoms with Gasteiger partial charge in [0.2, 0.25) is 0 Å². The van der Waals surface area contributed by atoms with Crippen LogP contribution in [0.4, 0.5) is 0 Å². The van der Waals surface area contributed by atoms with Crippen LogP contribution in [-0.2, 0) is 5.75 Å². The first-order valence-electron chi connectivity index (χ1n) is 10.3. The number of nitrogens with zero attached hydrogens (tertiary/aromatic N) is 1. The first-order valence-corrected chi connectivity index (χ1v) is 11.7. The van der Waals surface area contributed by atoms with Crippen molar-refractivity contribution in [3.63, 3.8) is 0 Å². The van der Waals surface area contributed by atoms with Crippen molar-refractivity contribution in [3.05, 3.63) is 108 Å². The highest BCUT2D eigenvalue weighted by atomic mass is 32.2. The van der Waals surface area contributed by atoms with Crippen LogP contribution in [0.3, 0.4) is 0 Å². The highest BCUT2D eigenvalue weighted by Gasteiger charge is 1.99. The molecule has 0 heterocycles. The summed E-state index contributed by atoms with van der Waals surface area (Å²) in [5.74, 6) is 2.44. The number of methoxy groups -OCH3 is 2. The first kappa shape index (κ1) is 24.3. The molecule has 0 amide bonds. The summed E-state index contributed by atoms with van der Waals surface area (Å²) >= 11 is 7.00. The molecule has 0 fully saturated rings. The van der Waals surface area contributed by atoms with E-state index in [2.05, 4.69) is 22.7 Å². The van der Waals surface area contributed by atoms with Gasteiger partial charge >= 0.3 is 0 Å². The molecule has 3 rings (SSSR count). The summed E-state index contributed by atoms with van der Waals surface area (Å²) in [6, 6.07) is 25.9. The van der Waals surface area contributed by atoms with Crippen molar-refractivity contribution in [3.8, 4) is 11.5 Å². The van der Waals surface area contributed by atoms with Crippen molar-refractivity contribution in [2.24, 2.45) is 5.10 Å². The number of hydrogen-bond acceptors (Lipinski definition) is 5. The van der Waals surface area contributed by atoms with Crippen molar-refractivity contribution in [1.82, 2.24) is 5.43 Å². The molecule has 6 heteroatoms. The van der Waals surface area contributed by atoms with Gasteiger partial charge in [-0.15, -0.1) is 0 Å². The maximum atomic E-state index is 5.45. The van der Waals surface area contributed by atoms with Crippen LogP contribution in [-0.4, -0.2) is 24.3 Å². The third-order valence-corrected chi connectivity index (χ3v) is 5.89. The van der Waals surface area contributed by atoms with Crippen molar-refractivity contribution in [2.75, 3.05) is 14.2 Å². The molecule has 0 saturated heterocycles. The summed E-state index contributed by atoms with van der Waals surface area (Å²) in [6.45, 7) is 0. The minimum Gasteiger partial charge on any atom is -0.497 e. The van der Waals surface area contributed by atoms with Gasteiger partial charge in [0.1, 0.15) is 11.5 Å². The Morgan fingerprint density at radius 3 is 1.82 bits per heavy atom. The zero-order valence-electron chi connectivity index (χ0n) is 18.6. The van der Waals surface area contributed by atoms with E-state index < -0.39 is 0 Å². The Bertz CT molecular complexity index is 1050. The van der Waals surface area contributed by atoms with Crippen LogP contribution in [0.15, 0.2) is 96.1 Å². The van der Waals surface area contributed by atoms with Crippen molar-refractivity contribution in [1.29, 1.82) is 0 Å². The Labute approximate surface area is 205 Å². The molecule has 1 N–H and O–H groups in total. The van der Waals surface area contributed by atoms with Gasteiger partial charge in [-0.25, -0.2) is 0 Å². The minimum absolute atomic E-state index is 0.618. The lowest BCUT2D eigenvalue weighted by molar-refractivity contribution is 0.414. The highest BCUT2D eigenvalue weighted by Crippen LogP contribution is 2.15. The minimum atomic E-state index is 0.618. The van der Waals surface area contributed by atoms with Crippen LogP contribution in [0.5, 0.6) is 11.5 Å². The summed E-state index contributed by atoms with van der Waals surface area (Å²) in [5.41, 5.74) is 7.05. The molecular formula is C27H26N2O2S2. The van der Waals surface area contributed by atoms with Crippen molar-refractivity contribution < 1.29 is 9.47 Å². The molecule has 3 aromatic rings. The van der Waals surface area contributed by atoms with Crippen LogP contribution in [0.2, 0.25) is 0 Å². The summed E-state index contributed by atoms with van der Waals surface area (Å²) in [6.07, 6.45) is 7.88. The number of ether oxygens (including phenoxy) is 2. The lowest BCUT2D eigenvalue weighted by Gasteiger charge is -2.04. The number of thioether (sulfide) groups is 1. The smallest absolute Gasteiger partial charge is 0.154 e. The normalized spacial score (nSPS) is 10.8. The number of benzene rings is 3. The standard InChI is InChI=1S/C27H26N2O2S2/c1-30-25-16-10-21(11-17-25)8-14-24(15-9-22-12-18-26(31-2)19-13-22)28-29-27(32)33-20-23-6-4-3-5-7-23/h3-19H,20H2,1-2H3,(H,29,32)/b14-8+,15-9+. The molecule has 0 spiro atoms. The fraction of sp³-hybridized carbons (Fsp3) is 0.111. The van der Waals surface area contributed by atoms with E-state index >= 15 is 0 Å². The predicted molar refractivity (Wildman–Crippen MR) is 145 cm³/mol. The SMILES string of the molecule is COc1ccc(/C=C/C(/C=C/c2ccc(OC)cc2)=NNC(=S)SCc2ccccc2)cc1. The van der Waals surface area contributed by atoms with E-state index in [0.29, 0.717) is 4.32 Å². The number of hydrogen-bond donors (Lipinski definition) is 1. The molecule has 0 aliphatic heterocycles. The van der Waals surface area contributed by atoms with Gasteiger partial charge in [0.15, 0.2) is 4.32 Å². The third kappa shape index (κ3) is 8.60. The molecule has 0 aliphatic carbocycles. The van der Waals surface area contributed by atoms with E-state index in [-0.39, 0.29) is 0 Å². The zero-order valence-corrected chi connectivity index (χ0v) is 20.2. The summed E-state index contributed by atoms with van der Waals surface area (Å²) in [5, 5.41) is 4.52. The molecule has 3 aromatic carbocycles. The Kier molecular flexibility index (Phi) is 9.76. The van der Waals surface area contributed by atoms with Gasteiger partial charge in [-0.1, -0.05) is 90.7 Å². The molecule has 4 nitrogen and oxygen atoms in total. The van der Waals surface area contributed by atoms with E-state index in [4.69, 9.17) is 21.7 Å². The fourth-order valence-corrected chi connectivity index (χ4v) is 3.61. The Hall–Kier alpha value is -3.35. The molecule has 0 saturated carbocycles. The molecule has 0 bridgehead atoms. The molecule has 0 aliphatic rings. The topological polar surface area (TPSA) is 42.9 Å².